The summed E-state index contributed by atoms with van der Waals surface area (Å²) in [6.07, 6.45) is 1.58. The van der Waals surface area contributed by atoms with Gasteiger partial charge in [-0.15, -0.1) is 0 Å². The Morgan fingerprint density at radius 2 is 1.94 bits per heavy atom. The predicted molar refractivity (Wildman–Crippen MR) is 114 cm³/mol. The van der Waals surface area contributed by atoms with E-state index >= 15 is 8.78 Å². The summed E-state index contributed by atoms with van der Waals surface area (Å²) in [4.78, 5) is 14.1. The standard InChI is InChI=1S/C22H20Cl2F3N3O/c23-17-9-14(21-15(10-17)12-28-29-21)11-22(26,27)16-3-5-30(6-4-16)20(31)8-13-1-2-19(25)18(24)7-13/h1-2,7,9-10,12,16H,3-6,8,11H2,(H,28,29). The number of likely N-dealkylation sites (tertiary alicyclic amines) is 1. The van der Waals surface area contributed by atoms with Crippen LogP contribution in [0.5, 0.6) is 0 Å². The number of benzene rings is 2. The van der Waals surface area contributed by atoms with Crippen LogP contribution in [0, 0.1) is 11.7 Å². The molecular formula is C22H20Cl2F3N3O. The summed E-state index contributed by atoms with van der Waals surface area (Å²) >= 11 is 11.8. The highest BCUT2D eigenvalue weighted by Crippen LogP contribution is 2.38. The highest BCUT2D eigenvalue weighted by molar-refractivity contribution is 6.31. The number of fused-ring (bicyclic) bond motifs is 1. The number of nitrogens with zero attached hydrogens (tertiary/aromatic N) is 2. The number of halogens is 5. The third-order valence-electron chi connectivity index (χ3n) is 5.81. The second kappa shape index (κ2) is 8.71. The van der Waals surface area contributed by atoms with Gasteiger partial charge in [0.15, 0.2) is 0 Å². The van der Waals surface area contributed by atoms with Crippen LogP contribution in [0.4, 0.5) is 13.2 Å². The summed E-state index contributed by atoms with van der Waals surface area (Å²) in [5.41, 5.74) is 1.58. The zero-order valence-corrected chi connectivity index (χ0v) is 18.0. The van der Waals surface area contributed by atoms with E-state index in [1.807, 2.05) is 0 Å². The minimum absolute atomic E-state index is 0.0453. The van der Waals surface area contributed by atoms with E-state index in [0.717, 1.165) is 0 Å². The van der Waals surface area contributed by atoms with Gasteiger partial charge < -0.3 is 4.90 Å². The Bertz CT molecular complexity index is 1110. The number of nitrogens with one attached hydrogen (secondary N) is 1. The monoisotopic (exact) mass is 469 g/mol. The Kier molecular flexibility index (Phi) is 6.17. The van der Waals surface area contributed by atoms with Gasteiger partial charge in [-0.3, -0.25) is 9.89 Å². The van der Waals surface area contributed by atoms with Crippen LogP contribution in [0.15, 0.2) is 36.5 Å². The van der Waals surface area contributed by atoms with Crippen LogP contribution in [0.25, 0.3) is 10.9 Å². The average molecular weight is 470 g/mol. The predicted octanol–water partition coefficient (Wildman–Crippen LogP) is 5.67. The third kappa shape index (κ3) is 4.83. The number of alkyl halides is 2. The van der Waals surface area contributed by atoms with Crippen molar-refractivity contribution in [1.82, 2.24) is 15.1 Å². The van der Waals surface area contributed by atoms with E-state index in [-0.39, 0.29) is 43.3 Å². The molecule has 0 radical (unpaired) electrons. The van der Waals surface area contributed by atoms with Crippen molar-refractivity contribution in [2.24, 2.45) is 5.92 Å². The van der Waals surface area contributed by atoms with Crippen LogP contribution in [-0.2, 0) is 17.6 Å². The molecule has 2 aromatic carbocycles. The zero-order valence-electron chi connectivity index (χ0n) is 16.5. The molecule has 0 spiro atoms. The molecule has 0 bridgehead atoms. The second-order valence-electron chi connectivity index (χ2n) is 7.92. The number of aromatic amines is 1. The maximum atomic E-state index is 15.1. The van der Waals surface area contributed by atoms with Gasteiger partial charge in [-0.05, 0) is 48.2 Å². The molecule has 0 unspecified atom stereocenters. The molecule has 1 amide bonds. The van der Waals surface area contributed by atoms with Gasteiger partial charge in [0, 0.05) is 35.8 Å². The van der Waals surface area contributed by atoms with Crippen molar-refractivity contribution in [3.63, 3.8) is 0 Å². The number of carbonyl (C=O) groups excluding carboxylic acids is 1. The molecule has 1 saturated heterocycles. The van der Waals surface area contributed by atoms with Crippen LogP contribution in [0.1, 0.15) is 24.0 Å². The van der Waals surface area contributed by atoms with Crippen molar-refractivity contribution in [3.8, 4) is 0 Å². The molecule has 4 nitrogen and oxygen atoms in total. The molecule has 164 valence electrons. The van der Waals surface area contributed by atoms with Gasteiger partial charge >= 0.3 is 0 Å². The molecule has 4 rings (SSSR count). The minimum atomic E-state index is -2.94. The fourth-order valence-corrected chi connectivity index (χ4v) is 4.57. The van der Waals surface area contributed by atoms with E-state index < -0.39 is 24.1 Å². The molecule has 1 N–H and O–H groups in total. The van der Waals surface area contributed by atoms with Crippen LogP contribution in [0.3, 0.4) is 0 Å². The van der Waals surface area contributed by atoms with Crippen molar-refractivity contribution >= 4 is 40.0 Å². The molecule has 1 aromatic heterocycles. The van der Waals surface area contributed by atoms with E-state index in [0.29, 0.717) is 27.1 Å². The first kappa shape index (κ1) is 22.0. The van der Waals surface area contributed by atoms with Gasteiger partial charge in [0.2, 0.25) is 5.91 Å². The molecule has 1 fully saturated rings. The van der Waals surface area contributed by atoms with Gasteiger partial charge in [0.25, 0.3) is 5.92 Å². The molecule has 31 heavy (non-hydrogen) atoms. The quantitative estimate of drug-likeness (QED) is 0.523. The van der Waals surface area contributed by atoms with E-state index in [9.17, 15) is 9.18 Å². The Hall–Kier alpha value is -2.25. The number of hydrogen-bond acceptors (Lipinski definition) is 2. The number of H-pyrrole nitrogens is 1. The van der Waals surface area contributed by atoms with Crippen LogP contribution >= 0.6 is 23.2 Å². The SMILES string of the molecule is O=C(Cc1ccc(F)c(Cl)c1)N1CCC(C(F)(F)Cc2cc(Cl)cc3cn[nH]c23)CC1. The summed E-state index contributed by atoms with van der Waals surface area (Å²) in [5, 5.41) is 7.72. The van der Waals surface area contributed by atoms with Crippen LogP contribution in [0.2, 0.25) is 10.0 Å². The van der Waals surface area contributed by atoms with Crippen molar-refractivity contribution in [1.29, 1.82) is 0 Å². The molecule has 1 aliphatic heterocycles. The van der Waals surface area contributed by atoms with Crippen LogP contribution in [-0.4, -0.2) is 40.0 Å². The normalized spacial score (nSPS) is 15.6. The lowest BCUT2D eigenvalue weighted by Gasteiger charge is -2.36. The lowest BCUT2D eigenvalue weighted by atomic mass is 9.86. The first-order valence-electron chi connectivity index (χ1n) is 9.94. The summed E-state index contributed by atoms with van der Waals surface area (Å²) < 4.78 is 43.5. The minimum Gasteiger partial charge on any atom is -0.342 e. The fourth-order valence-electron chi connectivity index (χ4n) is 4.12. The van der Waals surface area contributed by atoms with Crippen LogP contribution < -0.4 is 0 Å². The molecule has 1 aliphatic rings. The average Bonchev–Trinajstić information content (AvgIpc) is 3.19. The summed E-state index contributed by atoms with van der Waals surface area (Å²) in [5.74, 6) is -4.51. The largest absolute Gasteiger partial charge is 0.342 e. The van der Waals surface area contributed by atoms with Gasteiger partial charge in [-0.25, -0.2) is 13.2 Å². The number of carbonyl (C=O) groups is 1. The Morgan fingerprint density at radius 1 is 1.19 bits per heavy atom. The Morgan fingerprint density at radius 3 is 2.65 bits per heavy atom. The molecular weight excluding hydrogens is 450 g/mol. The van der Waals surface area contributed by atoms with Crippen molar-refractivity contribution in [3.05, 3.63) is 63.5 Å². The molecule has 0 aliphatic carbocycles. The Labute approximate surface area is 187 Å². The maximum Gasteiger partial charge on any atom is 0.255 e. The molecule has 9 heteroatoms. The molecule has 3 aromatic rings. The molecule has 0 saturated carbocycles. The maximum absolute atomic E-state index is 15.1. The van der Waals surface area contributed by atoms with Crippen molar-refractivity contribution in [2.45, 2.75) is 31.6 Å². The van der Waals surface area contributed by atoms with Gasteiger partial charge in [-0.1, -0.05) is 29.3 Å². The summed E-state index contributed by atoms with van der Waals surface area (Å²) in [6.45, 7) is 0.506. The number of amides is 1. The van der Waals surface area contributed by atoms with E-state index in [4.69, 9.17) is 23.2 Å². The van der Waals surface area contributed by atoms with Gasteiger partial charge in [-0.2, -0.15) is 5.10 Å². The fraction of sp³-hybridized carbons (Fsp3) is 0.364. The summed E-state index contributed by atoms with van der Waals surface area (Å²) in [7, 11) is 0. The van der Waals surface area contributed by atoms with Gasteiger partial charge in [0.1, 0.15) is 5.82 Å². The zero-order chi connectivity index (χ0) is 22.2. The van der Waals surface area contributed by atoms with E-state index in [1.54, 1.807) is 23.2 Å². The second-order valence-corrected chi connectivity index (χ2v) is 8.76. The lowest BCUT2D eigenvalue weighted by molar-refractivity contribution is -0.135. The third-order valence-corrected chi connectivity index (χ3v) is 6.31. The lowest BCUT2D eigenvalue weighted by Crippen LogP contribution is -2.44. The molecule has 0 atom stereocenters. The number of aromatic nitrogens is 2. The summed E-state index contributed by atoms with van der Waals surface area (Å²) in [6, 6.07) is 7.35. The topological polar surface area (TPSA) is 49.0 Å². The number of rotatable bonds is 5. The number of piperidine rings is 1. The van der Waals surface area contributed by atoms with E-state index in [2.05, 4.69) is 10.2 Å². The van der Waals surface area contributed by atoms with E-state index in [1.165, 1.54) is 18.2 Å². The first-order chi connectivity index (χ1) is 14.7. The number of hydrogen-bond donors (Lipinski definition) is 1. The van der Waals surface area contributed by atoms with Crippen molar-refractivity contribution < 1.29 is 18.0 Å². The Balaban J connectivity index is 1.38. The van der Waals surface area contributed by atoms with Crippen molar-refractivity contribution in [2.75, 3.05) is 13.1 Å². The highest BCUT2D eigenvalue weighted by Gasteiger charge is 2.42. The smallest absolute Gasteiger partial charge is 0.255 e. The first-order valence-corrected chi connectivity index (χ1v) is 10.7. The highest BCUT2D eigenvalue weighted by atomic mass is 35.5. The molecule has 2 heterocycles. The van der Waals surface area contributed by atoms with Gasteiger partial charge in [0.05, 0.1) is 23.2 Å².